The highest BCUT2D eigenvalue weighted by Crippen LogP contribution is 2.26. The number of carbonyl (C=O) groups excluding carboxylic acids is 1. The standard InChI is InChI=1S/C27H26N4O4/c1-5-29(26(32)20-9-8-10-22(16-20)31(34)35)19(4)25-28-24-12-7-6-11-23(24)27(33)30(25)21-14-13-17(2)18(3)15-21/h6-16,19H,5H2,1-4H3. The fourth-order valence-corrected chi connectivity index (χ4v) is 4.20. The number of hydrogen-bond acceptors (Lipinski definition) is 5. The highest BCUT2D eigenvalue weighted by Gasteiger charge is 2.27. The van der Waals surface area contributed by atoms with Crippen LogP contribution in [-0.4, -0.2) is 31.8 Å². The van der Waals surface area contributed by atoms with Crippen molar-refractivity contribution in [1.82, 2.24) is 14.5 Å². The maximum Gasteiger partial charge on any atom is 0.270 e. The first-order valence-electron chi connectivity index (χ1n) is 11.4. The lowest BCUT2D eigenvalue weighted by Gasteiger charge is -2.29. The first-order valence-corrected chi connectivity index (χ1v) is 11.4. The number of benzene rings is 3. The van der Waals surface area contributed by atoms with Crippen LogP contribution in [0.25, 0.3) is 16.6 Å². The van der Waals surface area contributed by atoms with Crippen LogP contribution in [0.1, 0.15) is 47.2 Å². The lowest BCUT2D eigenvalue weighted by Crippen LogP contribution is -2.37. The molecule has 8 heteroatoms. The zero-order chi connectivity index (χ0) is 25.3. The van der Waals surface area contributed by atoms with Crippen molar-refractivity contribution in [3.05, 3.63) is 110 Å². The van der Waals surface area contributed by atoms with Gasteiger partial charge in [-0.3, -0.25) is 24.3 Å². The van der Waals surface area contributed by atoms with Crippen LogP contribution in [-0.2, 0) is 0 Å². The lowest BCUT2D eigenvalue weighted by atomic mass is 10.1. The zero-order valence-corrected chi connectivity index (χ0v) is 20.1. The molecule has 0 spiro atoms. The summed E-state index contributed by atoms with van der Waals surface area (Å²) in [6, 6.07) is 17.9. The first kappa shape index (κ1) is 23.8. The minimum atomic E-state index is -0.592. The van der Waals surface area contributed by atoms with Crippen LogP contribution in [0.5, 0.6) is 0 Å². The molecule has 3 aromatic carbocycles. The summed E-state index contributed by atoms with van der Waals surface area (Å²) in [7, 11) is 0. The van der Waals surface area contributed by atoms with Crippen molar-refractivity contribution in [2.24, 2.45) is 0 Å². The predicted octanol–water partition coefficient (Wildman–Crippen LogP) is 5.13. The van der Waals surface area contributed by atoms with E-state index < -0.39 is 11.0 Å². The monoisotopic (exact) mass is 470 g/mol. The van der Waals surface area contributed by atoms with Gasteiger partial charge in [-0.05, 0) is 69.2 Å². The third kappa shape index (κ3) is 4.42. The fraction of sp³-hybridized carbons (Fsp3) is 0.222. The second-order valence-corrected chi connectivity index (χ2v) is 8.47. The number of hydrogen-bond donors (Lipinski definition) is 0. The topological polar surface area (TPSA) is 98.3 Å². The Labute approximate surface area is 202 Å². The molecule has 0 aliphatic rings. The number of amides is 1. The van der Waals surface area contributed by atoms with E-state index in [9.17, 15) is 19.7 Å². The number of aryl methyl sites for hydroxylation is 2. The van der Waals surface area contributed by atoms with Crippen molar-refractivity contribution < 1.29 is 9.72 Å². The van der Waals surface area contributed by atoms with E-state index in [1.54, 1.807) is 33.7 Å². The molecule has 1 aromatic heterocycles. The van der Waals surface area contributed by atoms with Gasteiger partial charge >= 0.3 is 0 Å². The van der Waals surface area contributed by atoms with E-state index in [0.29, 0.717) is 29.0 Å². The molecule has 0 fully saturated rings. The second kappa shape index (κ2) is 9.50. The number of aromatic nitrogens is 2. The van der Waals surface area contributed by atoms with Crippen molar-refractivity contribution in [3.8, 4) is 5.69 Å². The largest absolute Gasteiger partial charge is 0.329 e. The number of nitrogens with zero attached hydrogens (tertiary/aromatic N) is 4. The molecule has 4 aromatic rings. The summed E-state index contributed by atoms with van der Waals surface area (Å²) in [5.74, 6) is 0.0373. The average molecular weight is 471 g/mol. The molecular formula is C27H26N4O4. The SMILES string of the molecule is CCN(C(=O)c1cccc([N+](=O)[O-])c1)C(C)c1nc2ccccc2c(=O)n1-c1ccc(C)c(C)c1. The molecule has 4 rings (SSSR count). The Morgan fingerprint density at radius 1 is 1.06 bits per heavy atom. The fourth-order valence-electron chi connectivity index (χ4n) is 4.20. The molecule has 1 unspecified atom stereocenters. The van der Waals surface area contributed by atoms with Crippen LogP contribution in [0.3, 0.4) is 0 Å². The third-order valence-corrected chi connectivity index (χ3v) is 6.30. The highest BCUT2D eigenvalue weighted by atomic mass is 16.6. The minimum absolute atomic E-state index is 0.157. The number of para-hydroxylation sites is 1. The van der Waals surface area contributed by atoms with Gasteiger partial charge < -0.3 is 4.90 Å². The van der Waals surface area contributed by atoms with Crippen LogP contribution < -0.4 is 5.56 Å². The van der Waals surface area contributed by atoms with E-state index in [0.717, 1.165) is 11.1 Å². The van der Waals surface area contributed by atoms with E-state index in [1.165, 1.54) is 18.2 Å². The molecule has 0 saturated heterocycles. The number of carbonyl (C=O) groups is 1. The summed E-state index contributed by atoms with van der Waals surface area (Å²) < 4.78 is 1.56. The van der Waals surface area contributed by atoms with E-state index >= 15 is 0 Å². The van der Waals surface area contributed by atoms with Gasteiger partial charge in [-0.15, -0.1) is 0 Å². The molecule has 1 heterocycles. The van der Waals surface area contributed by atoms with E-state index in [-0.39, 0.29) is 22.7 Å². The molecular weight excluding hydrogens is 444 g/mol. The van der Waals surface area contributed by atoms with Crippen LogP contribution in [0.15, 0.2) is 71.5 Å². The lowest BCUT2D eigenvalue weighted by molar-refractivity contribution is -0.384. The zero-order valence-electron chi connectivity index (χ0n) is 20.1. The normalized spacial score (nSPS) is 11.9. The molecule has 0 aliphatic heterocycles. The van der Waals surface area contributed by atoms with Gasteiger partial charge in [0.15, 0.2) is 0 Å². The van der Waals surface area contributed by atoms with Gasteiger partial charge in [0.05, 0.1) is 27.6 Å². The van der Waals surface area contributed by atoms with Gasteiger partial charge in [-0.2, -0.15) is 0 Å². The quantitative estimate of drug-likeness (QED) is 0.287. The Kier molecular flexibility index (Phi) is 6.46. The van der Waals surface area contributed by atoms with E-state index in [4.69, 9.17) is 4.98 Å². The van der Waals surface area contributed by atoms with Gasteiger partial charge in [0.1, 0.15) is 5.82 Å². The average Bonchev–Trinajstić information content (AvgIpc) is 2.86. The Hall–Kier alpha value is -4.33. The highest BCUT2D eigenvalue weighted by molar-refractivity contribution is 5.95. The summed E-state index contributed by atoms with van der Waals surface area (Å²) in [5.41, 5.74) is 3.15. The molecule has 35 heavy (non-hydrogen) atoms. The van der Waals surface area contributed by atoms with Gasteiger partial charge in [-0.1, -0.05) is 24.3 Å². The molecule has 0 bridgehead atoms. The van der Waals surface area contributed by atoms with E-state index in [2.05, 4.69) is 0 Å². The van der Waals surface area contributed by atoms with Crippen molar-refractivity contribution in [2.45, 2.75) is 33.7 Å². The van der Waals surface area contributed by atoms with Gasteiger partial charge in [0.2, 0.25) is 0 Å². The number of rotatable bonds is 6. The number of nitro benzene ring substituents is 1. The van der Waals surface area contributed by atoms with Crippen LogP contribution in [0, 0.1) is 24.0 Å². The van der Waals surface area contributed by atoms with E-state index in [1.807, 2.05) is 52.0 Å². The smallest absolute Gasteiger partial charge is 0.270 e. The van der Waals surface area contributed by atoms with Crippen molar-refractivity contribution in [2.75, 3.05) is 6.54 Å². The number of fused-ring (bicyclic) bond motifs is 1. The molecule has 0 N–H and O–H groups in total. The molecule has 178 valence electrons. The van der Waals surface area contributed by atoms with Crippen molar-refractivity contribution >= 4 is 22.5 Å². The van der Waals surface area contributed by atoms with Crippen LogP contribution in [0.4, 0.5) is 5.69 Å². The molecule has 8 nitrogen and oxygen atoms in total. The minimum Gasteiger partial charge on any atom is -0.329 e. The second-order valence-electron chi connectivity index (χ2n) is 8.47. The Balaban J connectivity index is 1.89. The van der Waals surface area contributed by atoms with Crippen molar-refractivity contribution in [3.63, 3.8) is 0 Å². The first-order chi connectivity index (χ1) is 16.7. The summed E-state index contributed by atoms with van der Waals surface area (Å²) in [5, 5.41) is 11.7. The molecule has 0 aliphatic carbocycles. The van der Waals surface area contributed by atoms with Crippen LogP contribution >= 0.6 is 0 Å². The summed E-state index contributed by atoms with van der Waals surface area (Å²) in [4.78, 5) is 44.2. The van der Waals surface area contributed by atoms with Crippen LogP contribution in [0.2, 0.25) is 0 Å². The maximum atomic E-state index is 13.7. The van der Waals surface area contributed by atoms with Crippen molar-refractivity contribution in [1.29, 1.82) is 0 Å². The van der Waals surface area contributed by atoms with Gasteiger partial charge in [0, 0.05) is 24.2 Å². The maximum absolute atomic E-state index is 13.7. The number of nitro groups is 1. The summed E-state index contributed by atoms with van der Waals surface area (Å²) in [6.07, 6.45) is 0. The third-order valence-electron chi connectivity index (χ3n) is 6.30. The van der Waals surface area contributed by atoms with Gasteiger partial charge in [0.25, 0.3) is 17.2 Å². The Bertz CT molecular complexity index is 1510. The molecule has 0 radical (unpaired) electrons. The molecule has 1 amide bonds. The van der Waals surface area contributed by atoms with Gasteiger partial charge in [-0.25, -0.2) is 4.98 Å². The summed E-state index contributed by atoms with van der Waals surface area (Å²) in [6.45, 7) is 7.93. The molecule has 0 saturated carbocycles. The Morgan fingerprint density at radius 3 is 2.49 bits per heavy atom. The molecule has 1 atom stereocenters. The summed E-state index contributed by atoms with van der Waals surface area (Å²) >= 11 is 0. The Morgan fingerprint density at radius 2 is 1.80 bits per heavy atom. The predicted molar refractivity (Wildman–Crippen MR) is 135 cm³/mol. The number of non-ortho nitro benzene ring substituents is 1.